The summed E-state index contributed by atoms with van der Waals surface area (Å²) in [7, 11) is 0. The first-order valence-electron chi connectivity index (χ1n) is 6.22. The van der Waals surface area contributed by atoms with Gasteiger partial charge in [0.25, 0.3) is 0 Å². The summed E-state index contributed by atoms with van der Waals surface area (Å²) in [5, 5.41) is 18.5. The quantitative estimate of drug-likeness (QED) is 0.848. The number of aryl methyl sites for hydroxylation is 1. The first-order chi connectivity index (χ1) is 9.02. The second-order valence-electron chi connectivity index (χ2n) is 4.95. The fourth-order valence-corrected chi connectivity index (χ4v) is 2.39. The average molecular weight is 263 g/mol. The summed E-state index contributed by atoms with van der Waals surface area (Å²) >= 11 is 0. The van der Waals surface area contributed by atoms with Crippen molar-refractivity contribution >= 4 is 11.9 Å². The molecule has 0 aliphatic carbocycles. The van der Waals surface area contributed by atoms with Crippen molar-refractivity contribution in [2.75, 3.05) is 13.2 Å². The number of carboxylic acid groups (broad SMARTS) is 1. The Bertz CT molecular complexity index is 483. The highest BCUT2D eigenvalue weighted by molar-refractivity contribution is 5.86. The fraction of sp³-hybridized carbons (Fsp3) is 0.429. The monoisotopic (exact) mass is 263 g/mol. The van der Waals surface area contributed by atoms with E-state index in [2.05, 4.69) is 0 Å². The molecule has 19 heavy (non-hydrogen) atoms. The van der Waals surface area contributed by atoms with Crippen LogP contribution in [-0.2, 0) is 9.59 Å². The van der Waals surface area contributed by atoms with Gasteiger partial charge in [-0.3, -0.25) is 4.79 Å². The van der Waals surface area contributed by atoms with Gasteiger partial charge in [0, 0.05) is 25.5 Å². The summed E-state index contributed by atoms with van der Waals surface area (Å²) in [4.78, 5) is 24.7. The van der Waals surface area contributed by atoms with Gasteiger partial charge in [-0.1, -0.05) is 29.8 Å². The van der Waals surface area contributed by atoms with Crippen molar-refractivity contribution in [3.8, 4) is 0 Å². The van der Waals surface area contributed by atoms with Crippen LogP contribution >= 0.6 is 0 Å². The fourth-order valence-electron chi connectivity index (χ4n) is 2.39. The van der Waals surface area contributed by atoms with E-state index in [-0.39, 0.29) is 24.9 Å². The lowest BCUT2D eigenvalue weighted by Crippen LogP contribution is -2.35. The van der Waals surface area contributed by atoms with Crippen LogP contribution in [0.4, 0.5) is 0 Å². The van der Waals surface area contributed by atoms with Gasteiger partial charge in [0.15, 0.2) is 6.04 Å². The SMILES string of the molecule is Cc1ccc(C(C(=O)O)N2CC(CO)CC2=O)cc1. The van der Waals surface area contributed by atoms with Gasteiger partial charge in [0.1, 0.15) is 0 Å². The molecule has 5 heteroatoms. The maximum atomic E-state index is 11.9. The highest BCUT2D eigenvalue weighted by Gasteiger charge is 2.38. The summed E-state index contributed by atoms with van der Waals surface area (Å²) in [5.41, 5.74) is 1.62. The van der Waals surface area contributed by atoms with Crippen LogP contribution < -0.4 is 0 Å². The average Bonchev–Trinajstić information content (AvgIpc) is 2.73. The summed E-state index contributed by atoms with van der Waals surface area (Å²) in [6.45, 7) is 2.12. The Kier molecular flexibility index (Phi) is 3.85. The first kappa shape index (κ1) is 13.5. The van der Waals surface area contributed by atoms with Crippen molar-refractivity contribution in [3.63, 3.8) is 0 Å². The number of hydrogen-bond donors (Lipinski definition) is 2. The van der Waals surface area contributed by atoms with Crippen LogP contribution in [0.3, 0.4) is 0 Å². The third-order valence-corrected chi connectivity index (χ3v) is 3.44. The van der Waals surface area contributed by atoms with Crippen LogP contribution in [0.25, 0.3) is 0 Å². The molecule has 1 aliphatic heterocycles. The first-order valence-corrected chi connectivity index (χ1v) is 6.22. The predicted molar refractivity (Wildman–Crippen MR) is 68.5 cm³/mol. The van der Waals surface area contributed by atoms with E-state index in [4.69, 9.17) is 5.11 Å². The minimum absolute atomic E-state index is 0.0948. The van der Waals surface area contributed by atoms with Gasteiger partial charge in [0.2, 0.25) is 5.91 Å². The molecule has 1 aromatic rings. The Morgan fingerprint density at radius 2 is 2.05 bits per heavy atom. The molecule has 0 aromatic heterocycles. The number of aliphatic hydroxyl groups excluding tert-OH is 1. The van der Waals surface area contributed by atoms with Crippen molar-refractivity contribution in [2.24, 2.45) is 5.92 Å². The van der Waals surface area contributed by atoms with E-state index in [1.807, 2.05) is 19.1 Å². The smallest absolute Gasteiger partial charge is 0.331 e. The number of likely N-dealkylation sites (tertiary alicyclic amines) is 1. The van der Waals surface area contributed by atoms with Gasteiger partial charge in [-0.2, -0.15) is 0 Å². The predicted octanol–water partition coefficient (Wildman–Crippen LogP) is 0.962. The zero-order valence-corrected chi connectivity index (χ0v) is 10.7. The lowest BCUT2D eigenvalue weighted by Gasteiger charge is -2.25. The molecule has 1 fully saturated rings. The summed E-state index contributed by atoms with van der Waals surface area (Å²) < 4.78 is 0. The van der Waals surface area contributed by atoms with Crippen molar-refractivity contribution < 1.29 is 19.8 Å². The van der Waals surface area contributed by atoms with E-state index in [0.717, 1.165) is 5.56 Å². The zero-order chi connectivity index (χ0) is 14.0. The maximum Gasteiger partial charge on any atom is 0.331 e. The van der Waals surface area contributed by atoms with Gasteiger partial charge in [0.05, 0.1) is 0 Å². The third-order valence-electron chi connectivity index (χ3n) is 3.44. The number of rotatable bonds is 4. The standard InChI is InChI=1S/C14H17NO4/c1-9-2-4-11(5-3-9)13(14(18)19)15-7-10(8-16)6-12(15)17/h2-5,10,13,16H,6-8H2,1H3,(H,18,19). The van der Waals surface area contributed by atoms with Crippen LogP contribution in [0.2, 0.25) is 0 Å². The number of aliphatic hydroxyl groups is 1. The Labute approximate surface area is 111 Å². The molecule has 2 atom stereocenters. The van der Waals surface area contributed by atoms with Crippen LogP contribution in [-0.4, -0.2) is 40.1 Å². The number of carbonyl (C=O) groups is 2. The number of aliphatic carboxylic acids is 1. The molecule has 1 amide bonds. The van der Waals surface area contributed by atoms with Gasteiger partial charge in [-0.25, -0.2) is 4.79 Å². The molecular formula is C14H17NO4. The number of carbonyl (C=O) groups excluding carboxylic acids is 1. The molecule has 5 nitrogen and oxygen atoms in total. The van der Waals surface area contributed by atoms with E-state index in [9.17, 15) is 14.7 Å². The molecule has 1 heterocycles. The molecule has 2 unspecified atom stereocenters. The van der Waals surface area contributed by atoms with E-state index in [1.54, 1.807) is 12.1 Å². The van der Waals surface area contributed by atoms with Crippen molar-refractivity contribution in [1.82, 2.24) is 4.90 Å². The number of amides is 1. The Balaban J connectivity index is 2.28. The molecule has 0 saturated carbocycles. The lowest BCUT2D eigenvalue weighted by molar-refractivity contribution is -0.148. The number of benzene rings is 1. The van der Waals surface area contributed by atoms with Crippen LogP contribution in [0, 0.1) is 12.8 Å². The van der Waals surface area contributed by atoms with Crippen molar-refractivity contribution in [3.05, 3.63) is 35.4 Å². The van der Waals surface area contributed by atoms with Gasteiger partial charge in [-0.15, -0.1) is 0 Å². The summed E-state index contributed by atoms with van der Waals surface area (Å²) in [6, 6.07) is 6.15. The van der Waals surface area contributed by atoms with Crippen molar-refractivity contribution in [2.45, 2.75) is 19.4 Å². The molecule has 0 radical (unpaired) electrons. The number of carboxylic acids is 1. The summed E-state index contributed by atoms with van der Waals surface area (Å²) in [5.74, 6) is -1.43. The maximum absolute atomic E-state index is 11.9. The van der Waals surface area contributed by atoms with E-state index in [1.165, 1.54) is 4.90 Å². The normalized spacial score (nSPS) is 20.6. The third kappa shape index (κ3) is 2.76. The van der Waals surface area contributed by atoms with Crippen molar-refractivity contribution in [1.29, 1.82) is 0 Å². The zero-order valence-electron chi connectivity index (χ0n) is 10.7. The number of hydrogen-bond acceptors (Lipinski definition) is 3. The minimum Gasteiger partial charge on any atom is -0.479 e. The van der Waals surface area contributed by atoms with E-state index in [0.29, 0.717) is 12.1 Å². The van der Waals surface area contributed by atoms with E-state index < -0.39 is 12.0 Å². The lowest BCUT2D eigenvalue weighted by atomic mass is 10.0. The molecule has 0 bridgehead atoms. The Hall–Kier alpha value is -1.88. The molecular weight excluding hydrogens is 246 g/mol. The minimum atomic E-state index is -1.05. The second kappa shape index (κ2) is 5.40. The highest BCUT2D eigenvalue weighted by atomic mass is 16.4. The molecule has 1 aliphatic rings. The van der Waals surface area contributed by atoms with Gasteiger partial charge >= 0.3 is 5.97 Å². The van der Waals surface area contributed by atoms with E-state index >= 15 is 0 Å². The summed E-state index contributed by atoms with van der Waals surface area (Å²) in [6.07, 6.45) is 0.214. The van der Waals surface area contributed by atoms with Gasteiger partial charge in [-0.05, 0) is 12.5 Å². The molecule has 1 aromatic carbocycles. The highest BCUT2D eigenvalue weighted by Crippen LogP contribution is 2.29. The topological polar surface area (TPSA) is 77.8 Å². The molecule has 2 N–H and O–H groups in total. The molecule has 102 valence electrons. The second-order valence-corrected chi connectivity index (χ2v) is 4.95. The largest absolute Gasteiger partial charge is 0.479 e. The van der Waals surface area contributed by atoms with Crippen LogP contribution in [0.1, 0.15) is 23.6 Å². The molecule has 2 rings (SSSR count). The van der Waals surface area contributed by atoms with Crippen LogP contribution in [0.5, 0.6) is 0 Å². The Morgan fingerprint density at radius 3 is 2.53 bits per heavy atom. The number of nitrogens with zero attached hydrogens (tertiary/aromatic N) is 1. The molecule has 0 spiro atoms. The van der Waals surface area contributed by atoms with Crippen LogP contribution in [0.15, 0.2) is 24.3 Å². The van der Waals surface area contributed by atoms with Gasteiger partial charge < -0.3 is 15.1 Å². The Morgan fingerprint density at radius 1 is 1.42 bits per heavy atom. The molecule has 1 saturated heterocycles.